The number of carbonyl (C=O) groups is 4. The summed E-state index contributed by atoms with van der Waals surface area (Å²) in [6.45, 7) is 0.591. The number of imide groups is 1. The van der Waals surface area contributed by atoms with E-state index in [1.54, 1.807) is 18.2 Å². The number of nitrogens with zero attached hydrogens (tertiary/aromatic N) is 1. The van der Waals surface area contributed by atoms with Crippen molar-refractivity contribution in [3.63, 3.8) is 0 Å². The predicted octanol–water partition coefficient (Wildman–Crippen LogP) is 0.334. The predicted molar refractivity (Wildman–Crippen MR) is 83.2 cm³/mol. The van der Waals surface area contributed by atoms with Crippen molar-refractivity contribution in [2.75, 3.05) is 11.9 Å². The Labute approximate surface area is 137 Å². The number of amides is 3. The highest BCUT2D eigenvalue weighted by molar-refractivity contribution is 6.05. The highest BCUT2D eigenvalue weighted by Gasteiger charge is 2.38. The average molecular weight is 331 g/mol. The molecule has 0 saturated carbocycles. The maximum atomic E-state index is 12.5. The van der Waals surface area contributed by atoms with Gasteiger partial charge >= 0.3 is 5.97 Å². The van der Waals surface area contributed by atoms with Gasteiger partial charge in [0.15, 0.2) is 0 Å². The van der Waals surface area contributed by atoms with Gasteiger partial charge in [0, 0.05) is 30.8 Å². The second-order valence-corrected chi connectivity index (χ2v) is 5.84. The van der Waals surface area contributed by atoms with Gasteiger partial charge in [-0.1, -0.05) is 0 Å². The molecule has 2 aliphatic rings. The zero-order chi connectivity index (χ0) is 17.3. The van der Waals surface area contributed by atoms with Gasteiger partial charge in [0.2, 0.25) is 11.8 Å². The summed E-state index contributed by atoms with van der Waals surface area (Å²) < 4.78 is 0. The number of nitrogens with one attached hydrogen (secondary N) is 2. The van der Waals surface area contributed by atoms with Crippen molar-refractivity contribution >= 4 is 29.4 Å². The third-order valence-electron chi connectivity index (χ3n) is 4.19. The molecular formula is C16H17N3O5. The fourth-order valence-electron chi connectivity index (χ4n) is 3.00. The molecule has 1 aromatic carbocycles. The molecule has 2 heterocycles. The lowest BCUT2D eigenvalue weighted by atomic mass is 10.0. The number of piperidine rings is 1. The number of aliphatic carboxylic acids is 1. The Morgan fingerprint density at radius 3 is 2.83 bits per heavy atom. The molecule has 0 aliphatic carbocycles. The monoisotopic (exact) mass is 331 g/mol. The molecule has 0 spiro atoms. The number of carboxylic acid groups (broad SMARTS) is 1. The lowest BCUT2D eigenvalue weighted by Crippen LogP contribution is -2.52. The first-order chi connectivity index (χ1) is 11.5. The van der Waals surface area contributed by atoms with Crippen LogP contribution in [0.1, 0.15) is 35.2 Å². The van der Waals surface area contributed by atoms with Gasteiger partial charge in [-0.2, -0.15) is 0 Å². The maximum absolute atomic E-state index is 12.5. The normalized spacial score (nSPS) is 19.9. The summed E-state index contributed by atoms with van der Waals surface area (Å²) in [6, 6.07) is 4.55. The van der Waals surface area contributed by atoms with E-state index in [2.05, 4.69) is 10.6 Å². The molecule has 2 aliphatic heterocycles. The van der Waals surface area contributed by atoms with Gasteiger partial charge in [0.05, 0.1) is 6.42 Å². The van der Waals surface area contributed by atoms with Crippen LogP contribution in [0.3, 0.4) is 0 Å². The summed E-state index contributed by atoms with van der Waals surface area (Å²) in [7, 11) is 0. The average Bonchev–Trinajstić information content (AvgIpc) is 2.83. The molecule has 1 fully saturated rings. The second kappa shape index (κ2) is 6.31. The van der Waals surface area contributed by atoms with E-state index in [9.17, 15) is 19.2 Å². The molecule has 8 heteroatoms. The summed E-state index contributed by atoms with van der Waals surface area (Å²) in [4.78, 5) is 47.7. The van der Waals surface area contributed by atoms with E-state index in [1.807, 2.05) is 0 Å². The SMILES string of the molecule is O=C(O)CCNc1ccc2c(c1)CN(C1CCC(=O)NC1=O)C2=O. The van der Waals surface area contributed by atoms with E-state index in [0.717, 1.165) is 11.3 Å². The van der Waals surface area contributed by atoms with Gasteiger partial charge in [-0.05, 0) is 30.2 Å². The highest BCUT2D eigenvalue weighted by atomic mass is 16.4. The number of carboxylic acids is 1. The molecule has 3 amide bonds. The number of anilines is 1. The van der Waals surface area contributed by atoms with Crippen molar-refractivity contribution in [1.82, 2.24) is 10.2 Å². The van der Waals surface area contributed by atoms with Crippen molar-refractivity contribution in [3.05, 3.63) is 29.3 Å². The minimum Gasteiger partial charge on any atom is -0.481 e. The smallest absolute Gasteiger partial charge is 0.305 e. The maximum Gasteiger partial charge on any atom is 0.305 e. The fourth-order valence-corrected chi connectivity index (χ4v) is 3.00. The Morgan fingerprint density at radius 2 is 2.12 bits per heavy atom. The minimum absolute atomic E-state index is 0.00157. The Bertz CT molecular complexity index is 730. The molecule has 1 unspecified atom stereocenters. The highest BCUT2D eigenvalue weighted by Crippen LogP contribution is 2.29. The number of carbonyl (C=O) groups excluding carboxylic acids is 3. The first-order valence-electron chi connectivity index (χ1n) is 7.69. The molecule has 0 bridgehead atoms. The lowest BCUT2D eigenvalue weighted by Gasteiger charge is -2.29. The fraction of sp³-hybridized carbons (Fsp3) is 0.375. The minimum atomic E-state index is -0.886. The van der Waals surface area contributed by atoms with E-state index in [-0.39, 0.29) is 24.7 Å². The van der Waals surface area contributed by atoms with E-state index in [1.165, 1.54) is 4.90 Å². The van der Waals surface area contributed by atoms with Crippen LogP contribution < -0.4 is 10.6 Å². The summed E-state index contributed by atoms with van der Waals surface area (Å²) in [5.74, 6) is -1.86. The number of rotatable bonds is 5. The van der Waals surface area contributed by atoms with Crippen LogP contribution in [-0.2, 0) is 20.9 Å². The zero-order valence-electron chi connectivity index (χ0n) is 12.9. The first-order valence-corrected chi connectivity index (χ1v) is 7.69. The van der Waals surface area contributed by atoms with Crippen LogP contribution in [0.4, 0.5) is 5.69 Å². The molecule has 0 radical (unpaired) electrons. The van der Waals surface area contributed by atoms with Crippen LogP contribution in [-0.4, -0.2) is 46.3 Å². The summed E-state index contributed by atoms with van der Waals surface area (Å²) in [5, 5.41) is 13.9. The summed E-state index contributed by atoms with van der Waals surface area (Å²) in [6.07, 6.45) is 0.547. The molecular weight excluding hydrogens is 314 g/mol. The number of fused-ring (bicyclic) bond motifs is 1. The number of benzene rings is 1. The van der Waals surface area contributed by atoms with Crippen LogP contribution in [0.25, 0.3) is 0 Å². The molecule has 3 N–H and O–H groups in total. The molecule has 0 aromatic heterocycles. The standard InChI is InChI=1S/C16H17N3O5/c20-13-4-3-12(15(23)18-13)19-8-9-7-10(17-6-5-14(21)22)1-2-11(9)16(19)24/h1-2,7,12,17H,3-6,8H2,(H,21,22)(H,18,20,23). The van der Waals surface area contributed by atoms with Gasteiger partial charge in [0.1, 0.15) is 6.04 Å². The van der Waals surface area contributed by atoms with Gasteiger partial charge < -0.3 is 15.3 Å². The molecule has 1 saturated heterocycles. The van der Waals surface area contributed by atoms with Gasteiger partial charge in [-0.3, -0.25) is 24.5 Å². The Hall–Kier alpha value is -2.90. The van der Waals surface area contributed by atoms with Crippen molar-refractivity contribution in [2.24, 2.45) is 0 Å². The van der Waals surface area contributed by atoms with Crippen molar-refractivity contribution in [2.45, 2.75) is 31.8 Å². The summed E-state index contributed by atoms with van der Waals surface area (Å²) in [5.41, 5.74) is 2.04. The Balaban J connectivity index is 1.71. The third-order valence-corrected chi connectivity index (χ3v) is 4.19. The molecule has 3 rings (SSSR count). The van der Waals surface area contributed by atoms with Crippen LogP contribution in [0.15, 0.2) is 18.2 Å². The third kappa shape index (κ3) is 3.08. The van der Waals surface area contributed by atoms with E-state index in [0.29, 0.717) is 25.1 Å². The van der Waals surface area contributed by atoms with Crippen LogP contribution >= 0.6 is 0 Å². The van der Waals surface area contributed by atoms with Crippen LogP contribution in [0, 0.1) is 0 Å². The van der Waals surface area contributed by atoms with Crippen molar-refractivity contribution in [3.8, 4) is 0 Å². The zero-order valence-corrected chi connectivity index (χ0v) is 12.9. The van der Waals surface area contributed by atoms with E-state index in [4.69, 9.17) is 5.11 Å². The van der Waals surface area contributed by atoms with Crippen LogP contribution in [0.2, 0.25) is 0 Å². The Kier molecular flexibility index (Phi) is 4.20. The molecule has 1 aromatic rings. The first kappa shape index (κ1) is 16.0. The van der Waals surface area contributed by atoms with Gasteiger partial charge in [-0.25, -0.2) is 0 Å². The summed E-state index contributed by atoms with van der Waals surface area (Å²) >= 11 is 0. The van der Waals surface area contributed by atoms with E-state index >= 15 is 0 Å². The molecule has 24 heavy (non-hydrogen) atoms. The number of hydrogen-bond donors (Lipinski definition) is 3. The largest absolute Gasteiger partial charge is 0.481 e. The quantitative estimate of drug-likeness (QED) is 0.670. The van der Waals surface area contributed by atoms with Gasteiger partial charge in [-0.15, -0.1) is 0 Å². The Morgan fingerprint density at radius 1 is 1.33 bits per heavy atom. The molecule has 1 atom stereocenters. The van der Waals surface area contributed by atoms with Crippen molar-refractivity contribution < 1.29 is 24.3 Å². The second-order valence-electron chi connectivity index (χ2n) is 5.84. The van der Waals surface area contributed by atoms with Crippen molar-refractivity contribution in [1.29, 1.82) is 0 Å². The number of hydrogen-bond acceptors (Lipinski definition) is 5. The molecule has 126 valence electrons. The lowest BCUT2D eigenvalue weighted by molar-refractivity contribution is -0.138. The van der Waals surface area contributed by atoms with Gasteiger partial charge in [0.25, 0.3) is 5.91 Å². The van der Waals surface area contributed by atoms with Crippen LogP contribution in [0.5, 0.6) is 0 Å². The topological polar surface area (TPSA) is 116 Å². The molecule has 8 nitrogen and oxygen atoms in total. The van der Waals surface area contributed by atoms with E-state index < -0.39 is 17.9 Å².